The Morgan fingerprint density at radius 1 is 1.43 bits per heavy atom. The molecule has 0 fully saturated rings. The average Bonchev–Trinajstić information content (AvgIpc) is 2.76. The van der Waals surface area contributed by atoms with Gasteiger partial charge in [-0.2, -0.15) is 0 Å². The number of hydrogen-bond donors (Lipinski definition) is 2. The predicted molar refractivity (Wildman–Crippen MR) is 95.1 cm³/mol. The average molecular weight is 341 g/mol. The number of halogens is 1. The van der Waals surface area contributed by atoms with Crippen molar-refractivity contribution in [2.24, 2.45) is 12.8 Å². The zero-order valence-electron chi connectivity index (χ0n) is 14.2. The summed E-state index contributed by atoms with van der Waals surface area (Å²) in [5.41, 5.74) is 8.24. The molecule has 1 heterocycles. The van der Waals surface area contributed by atoms with E-state index in [9.17, 15) is 4.79 Å². The first-order valence-corrected chi connectivity index (χ1v) is 7.26. The van der Waals surface area contributed by atoms with Crippen molar-refractivity contribution in [1.82, 2.24) is 9.55 Å². The van der Waals surface area contributed by atoms with Crippen molar-refractivity contribution in [1.29, 1.82) is 0 Å². The first kappa shape index (κ1) is 19.4. The molecule has 1 amide bonds. The summed E-state index contributed by atoms with van der Waals surface area (Å²) in [5.74, 6) is 0.732. The van der Waals surface area contributed by atoms with Crippen LogP contribution in [0.5, 0.6) is 0 Å². The van der Waals surface area contributed by atoms with E-state index in [1.165, 1.54) is 7.11 Å². The maximum absolute atomic E-state index is 11.9. The standard InChI is InChI=1S/C16H24N4O2.ClH/c1-16(2,3)15-19-12-8-10(6-7-13(12)20(15)4)18-14(21)11(17)9-22-5;/h6-8,11H,9,17H2,1-5H3,(H,18,21);1H. The number of aryl methyl sites for hydroxylation is 1. The molecule has 1 aromatic heterocycles. The number of carbonyl (C=O) groups is 1. The largest absolute Gasteiger partial charge is 0.383 e. The van der Waals surface area contributed by atoms with E-state index < -0.39 is 6.04 Å². The highest BCUT2D eigenvalue weighted by Gasteiger charge is 2.21. The molecular weight excluding hydrogens is 316 g/mol. The highest BCUT2D eigenvalue weighted by molar-refractivity contribution is 5.96. The van der Waals surface area contributed by atoms with Crippen LogP contribution in [0.2, 0.25) is 0 Å². The Bertz CT molecular complexity index is 691. The third-order valence-electron chi connectivity index (χ3n) is 3.50. The molecule has 3 N–H and O–H groups in total. The van der Waals surface area contributed by atoms with Gasteiger partial charge < -0.3 is 20.4 Å². The van der Waals surface area contributed by atoms with Crippen LogP contribution in [0.4, 0.5) is 5.69 Å². The van der Waals surface area contributed by atoms with Gasteiger partial charge >= 0.3 is 0 Å². The summed E-state index contributed by atoms with van der Waals surface area (Å²) in [5, 5.41) is 2.79. The van der Waals surface area contributed by atoms with Gasteiger partial charge in [0.2, 0.25) is 5.91 Å². The lowest BCUT2D eigenvalue weighted by Crippen LogP contribution is -2.39. The van der Waals surface area contributed by atoms with Crippen LogP contribution >= 0.6 is 12.4 Å². The first-order chi connectivity index (χ1) is 10.2. The van der Waals surface area contributed by atoms with Crippen molar-refractivity contribution < 1.29 is 9.53 Å². The van der Waals surface area contributed by atoms with Gasteiger partial charge in [0.25, 0.3) is 0 Å². The molecule has 0 saturated carbocycles. The number of methoxy groups -OCH3 is 1. The first-order valence-electron chi connectivity index (χ1n) is 7.26. The molecule has 23 heavy (non-hydrogen) atoms. The molecular formula is C16H25ClN4O2. The lowest BCUT2D eigenvalue weighted by Gasteiger charge is -2.17. The molecule has 0 radical (unpaired) electrons. The number of carbonyl (C=O) groups excluding carboxylic acids is 1. The van der Waals surface area contributed by atoms with Crippen LogP contribution in [0.15, 0.2) is 18.2 Å². The van der Waals surface area contributed by atoms with Gasteiger partial charge in [0.15, 0.2) is 0 Å². The number of fused-ring (bicyclic) bond motifs is 1. The molecule has 1 aromatic carbocycles. The number of nitrogens with one attached hydrogen (secondary N) is 1. The van der Waals surface area contributed by atoms with Crippen LogP contribution in [0.1, 0.15) is 26.6 Å². The second-order valence-electron chi connectivity index (χ2n) is 6.50. The van der Waals surface area contributed by atoms with Gasteiger partial charge in [-0.15, -0.1) is 12.4 Å². The van der Waals surface area contributed by atoms with E-state index in [1.807, 2.05) is 25.2 Å². The molecule has 7 heteroatoms. The number of anilines is 1. The number of aromatic nitrogens is 2. The molecule has 0 spiro atoms. The molecule has 0 aliphatic rings. The minimum absolute atomic E-state index is 0. The minimum Gasteiger partial charge on any atom is -0.383 e. The lowest BCUT2D eigenvalue weighted by atomic mass is 9.96. The molecule has 6 nitrogen and oxygen atoms in total. The Hall–Kier alpha value is -1.63. The number of nitrogens with zero attached hydrogens (tertiary/aromatic N) is 2. The Labute approximate surface area is 142 Å². The molecule has 0 bridgehead atoms. The van der Waals surface area contributed by atoms with Crippen molar-refractivity contribution in [2.45, 2.75) is 32.2 Å². The summed E-state index contributed by atoms with van der Waals surface area (Å²) < 4.78 is 6.97. The van der Waals surface area contributed by atoms with Crippen molar-refractivity contribution in [3.63, 3.8) is 0 Å². The molecule has 0 aliphatic heterocycles. The maximum atomic E-state index is 11.9. The van der Waals surface area contributed by atoms with Crippen LogP contribution in [-0.2, 0) is 22.0 Å². The molecule has 0 aliphatic carbocycles. The molecule has 1 unspecified atom stereocenters. The van der Waals surface area contributed by atoms with E-state index in [0.717, 1.165) is 16.9 Å². The van der Waals surface area contributed by atoms with Crippen molar-refractivity contribution in [3.05, 3.63) is 24.0 Å². The number of rotatable bonds is 4. The van der Waals surface area contributed by atoms with E-state index >= 15 is 0 Å². The number of benzene rings is 1. The maximum Gasteiger partial charge on any atom is 0.243 e. The topological polar surface area (TPSA) is 82.2 Å². The molecule has 1 atom stereocenters. The summed E-state index contributed by atoms with van der Waals surface area (Å²) >= 11 is 0. The summed E-state index contributed by atoms with van der Waals surface area (Å²) in [6.07, 6.45) is 0. The van der Waals surface area contributed by atoms with Gasteiger partial charge in [-0.05, 0) is 18.2 Å². The zero-order chi connectivity index (χ0) is 16.5. The number of nitrogens with two attached hydrogens (primary N) is 1. The van der Waals surface area contributed by atoms with Crippen LogP contribution < -0.4 is 11.1 Å². The van der Waals surface area contributed by atoms with E-state index in [1.54, 1.807) is 0 Å². The number of hydrogen-bond acceptors (Lipinski definition) is 4. The Morgan fingerprint density at radius 2 is 2.09 bits per heavy atom. The van der Waals surface area contributed by atoms with Crippen LogP contribution in [0.25, 0.3) is 11.0 Å². The summed E-state index contributed by atoms with van der Waals surface area (Å²) in [6, 6.07) is 4.99. The van der Waals surface area contributed by atoms with Crippen LogP contribution in [-0.4, -0.2) is 35.2 Å². The summed E-state index contributed by atoms with van der Waals surface area (Å²) in [4.78, 5) is 16.6. The Morgan fingerprint density at radius 3 is 2.65 bits per heavy atom. The predicted octanol–water partition coefficient (Wildman–Crippen LogP) is 2.20. The number of amides is 1. The molecule has 0 saturated heterocycles. The highest BCUT2D eigenvalue weighted by Crippen LogP contribution is 2.26. The summed E-state index contributed by atoms with van der Waals surface area (Å²) in [6.45, 7) is 6.56. The van der Waals surface area contributed by atoms with Gasteiger partial charge in [0, 0.05) is 25.3 Å². The van der Waals surface area contributed by atoms with Gasteiger partial charge in [0.05, 0.1) is 17.6 Å². The van der Waals surface area contributed by atoms with Crippen molar-refractivity contribution >= 4 is 35.0 Å². The molecule has 2 rings (SSSR count). The third-order valence-corrected chi connectivity index (χ3v) is 3.50. The van der Waals surface area contributed by atoms with Gasteiger partial charge in [-0.3, -0.25) is 4.79 Å². The van der Waals surface area contributed by atoms with Gasteiger partial charge in [0.1, 0.15) is 11.9 Å². The van der Waals surface area contributed by atoms with Crippen molar-refractivity contribution in [2.75, 3.05) is 19.0 Å². The van der Waals surface area contributed by atoms with E-state index in [2.05, 4.69) is 35.6 Å². The fourth-order valence-electron chi connectivity index (χ4n) is 2.44. The van der Waals surface area contributed by atoms with Gasteiger partial charge in [-0.25, -0.2) is 4.98 Å². The molecule has 2 aromatic rings. The summed E-state index contributed by atoms with van der Waals surface area (Å²) in [7, 11) is 3.52. The third kappa shape index (κ3) is 4.22. The smallest absolute Gasteiger partial charge is 0.243 e. The van der Waals surface area contributed by atoms with E-state index in [0.29, 0.717) is 5.69 Å². The lowest BCUT2D eigenvalue weighted by molar-refractivity contribution is -0.118. The number of ether oxygens (including phenoxy) is 1. The van der Waals surface area contributed by atoms with E-state index in [-0.39, 0.29) is 30.3 Å². The van der Waals surface area contributed by atoms with Crippen LogP contribution in [0, 0.1) is 0 Å². The normalized spacial score (nSPS) is 12.8. The van der Waals surface area contributed by atoms with E-state index in [4.69, 9.17) is 10.5 Å². The second kappa shape index (κ2) is 7.29. The monoisotopic (exact) mass is 340 g/mol. The Kier molecular flexibility index (Phi) is 6.16. The Balaban J connectivity index is 0.00000264. The minimum atomic E-state index is -0.686. The highest BCUT2D eigenvalue weighted by atomic mass is 35.5. The number of imidazole rings is 1. The zero-order valence-corrected chi connectivity index (χ0v) is 15.0. The quantitative estimate of drug-likeness (QED) is 0.894. The van der Waals surface area contributed by atoms with Crippen LogP contribution in [0.3, 0.4) is 0 Å². The van der Waals surface area contributed by atoms with Gasteiger partial charge in [-0.1, -0.05) is 20.8 Å². The van der Waals surface area contributed by atoms with Crippen molar-refractivity contribution in [3.8, 4) is 0 Å². The SMILES string of the molecule is COCC(N)C(=O)Nc1ccc2c(c1)nc(C(C)(C)C)n2C.Cl. The fourth-order valence-corrected chi connectivity index (χ4v) is 2.44. The second-order valence-corrected chi connectivity index (χ2v) is 6.50. The fraction of sp³-hybridized carbons (Fsp3) is 0.500. The molecule has 128 valence electrons.